The third-order valence-corrected chi connectivity index (χ3v) is 4.58. The van der Waals surface area contributed by atoms with Gasteiger partial charge in [0.15, 0.2) is 0 Å². The molecule has 2 aromatic rings. The molecular weight excluding hydrogens is 345 g/mol. The van der Waals surface area contributed by atoms with Crippen molar-refractivity contribution in [3.63, 3.8) is 0 Å². The van der Waals surface area contributed by atoms with E-state index in [9.17, 15) is 23.1 Å². The van der Waals surface area contributed by atoms with Gasteiger partial charge < -0.3 is 10.0 Å². The first-order valence-electron chi connectivity index (χ1n) is 8.28. The van der Waals surface area contributed by atoms with Gasteiger partial charge in [-0.25, -0.2) is 18.0 Å². The van der Waals surface area contributed by atoms with Crippen molar-refractivity contribution in [3.8, 4) is 11.1 Å². The van der Waals surface area contributed by atoms with Gasteiger partial charge in [-0.3, -0.25) is 4.90 Å². The van der Waals surface area contributed by atoms with Crippen LogP contribution in [-0.2, 0) is 0 Å². The lowest BCUT2D eigenvalue weighted by Gasteiger charge is -2.25. The molecule has 0 aliphatic carbocycles. The summed E-state index contributed by atoms with van der Waals surface area (Å²) in [6.45, 7) is 1.87. The van der Waals surface area contributed by atoms with E-state index in [4.69, 9.17) is 0 Å². The molecular formula is C19H19F3N2O2. The number of nitrogens with zero attached hydrogens (tertiary/aromatic N) is 2. The van der Waals surface area contributed by atoms with Crippen molar-refractivity contribution in [2.24, 2.45) is 5.92 Å². The maximum absolute atomic E-state index is 13.8. The maximum atomic E-state index is 13.8. The Morgan fingerprint density at radius 2 is 1.85 bits per heavy atom. The largest absolute Gasteiger partial charge is 0.465 e. The predicted molar refractivity (Wildman–Crippen MR) is 92.7 cm³/mol. The van der Waals surface area contributed by atoms with Crippen LogP contribution in [0.4, 0.5) is 23.7 Å². The Hall–Kier alpha value is -2.54. The molecule has 0 aromatic heterocycles. The average Bonchev–Trinajstić information content (AvgIpc) is 2.97. The monoisotopic (exact) mass is 364 g/mol. The predicted octanol–water partition coefficient (Wildman–Crippen LogP) is 4.21. The minimum Gasteiger partial charge on any atom is -0.465 e. The zero-order valence-electron chi connectivity index (χ0n) is 14.3. The van der Waals surface area contributed by atoms with Crippen molar-refractivity contribution in [2.75, 3.05) is 31.6 Å². The van der Waals surface area contributed by atoms with Gasteiger partial charge in [0, 0.05) is 24.7 Å². The highest BCUT2D eigenvalue weighted by molar-refractivity contribution is 5.92. The van der Waals surface area contributed by atoms with Crippen LogP contribution in [0.5, 0.6) is 0 Å². The minimum atomic E-state index is -1.19. The van der Waals surface area contributed by atoms with Crippen molar-refractivity contribution < 1.29 is 23.1 Å². The Morgan fingerprint density at radius 1 is 1.15 bits per heavy atom. The molecule has 138 valence electrons. The van der Waals surface area contributed by atoms with Crippen molar-refractivity contribution in [1.82, 2.24) is 4.90 Å². The summed E-state index contributed by atoms with van der Waals surface area (Å²) in [6.07, 6.45) is -0.338. The van der Waals surface area contributed by atoms with Gasteiger partial charge in [0.1, 0.15) is 17.5 Å². The molecule has 1 fully saturated rings. The quantitative estimate of drug-likeness (QED) is 0.884. The number of carboxylic acid groups (broad SMARTS) is 1. The fourth-order valence-electron chi connectivity index (χ4n) is 3.40. The lowest BCUT2D eigenvalue weighted by atomic mass is 10.0. The van der Waals surface area contributed by atoms with Gasteiger partial charge in [-0.2, -0.15) is 0 Å². The lowest BCUT2D eigenvalue weighted by Crippen LogP contribution is -2.35. The summed E-state index contributed by atoms with van der Waals surface area (Å²) in [4.78, 5) is 15.1. The summed E-state index contributed by atoms with van der Waals surface area (Å²) in [7, 11) is 1.96. The van der Waals surface area contributed by atoms with Crippen LogP contribution in [0.2, 0.25) is 0 Å². The zero-order valence-corrected chi connectivity index (χ0v) is 14.3. The molecule has 1 aliphatic rings. The number of anilines is 1. The second-order valence-electron chi connectivity index (χ2n) is 6.63. The molecule has 3 rings (SSSR count). The number of hydrogen-bond donors (Lipinski definition) is 1. The summed E-state index contributed by atoms with van der Waals surface area (Å²) in [5.41, 5.74) is 0.433. The van der Waals surface area contributed by atoms with Crippen LogP contribution in [-0.4, -0.2) is 42.8 Å². The van der Waals surface area contributed by atoms with E-state index in [-0.39, 0.29) is 29.3 Å². The first-order valence-corrected chi connectivity index (χ1v) is 8.28. The van der Waals surface area contributed by atoms with Gasteiger partial charge >= 0.3 is 6.09 Å². The third kappa shape index (κ3) is 3.99. The number of carbonyl (C=O) groups is 1. The molecule has 1 N–H and O–H groups in total. The van der Waals surface area contributed by atoms with Crippen molar-refractivity contribution in [1.29, 1.82) is 0 Å². The van der Waals surface area contributed by atoms with Crippen LogP contribution in [0.3, 0.4) is 0 Å². The Kier molecular flexibility index (Phi) is 5.18. The molecule has 0 spiro atoms. The van der Waals surface area contributed by atoms with E-state index in [1.54, 1.807) is 0 Å². The first-order chi connectivity index (χ1) is 12.3. The van der Waals surface area contributed by atoms with Crippen LogP contribution in [0.25, 0.3) is 11.1 Å². The Bertz CT molecular complexity index is 808. The normalized spacial score (nSPS) is 17.5. The van der Waals surface area contributed by atoms with E-state index in [2.05, 4.69) is 4.90 Å². The Labute approximate surface area is 149 Å². The molecule has 4 nitrogen and oxygen atoms in total. The van der Waals surface area contributed by atoms with Crippen molar-refractivity contribution >= 4 is 11.8 Å². The minimum absolute atomic E-state index is 0.0896. The molecule has 1 heterocycles. The highest BCUT2D eigenvalue weighted by atomic mass is 19.1. The van der Waals surface area contributed by atoms with Crippen molar-refractivity contribution in [2.45, 2.75) is 6.42 Å². The van der Waals surface area contributed by atoms with Crippen LogP contribution < -0.4 is 4.90 Å². The zero-order chi connectivity index (χ0) is 18.8. The van der Waals surface area contributed by atoms with Crippen LogP contribution in [0.15, 0.2) is 36.4 Å². The summed E-state index contributed by atoms with van der Waals surface area (Å²) in [6, 6.07) is 6.41. The standard InChI is InChI=1S/C19H19F3N2O2/c1-23-5-4-12(10-23)11-24(19(25)26)18-3-2-14(20)9-17(18)13-6-15(21)8-16(22)7-13/h2-3,6-9,12H,4-5,10-11H2,1H3,(H,25,26)/t12-/m0/s1. The molecule has 0 unspecified atom stereocenters. The van der Waals surface area contributed by atoms with Gasteiger partial charge in [-0.05, 0) is 61.8 Å². The molecule has 1 saturated heterocycles. The van der Waals surface area contributed by atoms with Crippen LogP contribution in [0, 0.1) is 23.4 Å². The lowest BCUT2D eigenvalue weighted by molar-refractivity contribution is 0.200. The van der Waals surface area contributed by atoms with Gasteiger partial charge in [-0.1, -0.05) is 0 Å². The number of amides is 1. The molecule has 1 amide bonds. The molecule has 2 aromatic carbocycles. The topological polar surface area (TPSA) is 43.8 Å². The molecule has 1 atom stereocenters. The van der Waals surface area contributed by atoms with Crippen LogP contribution >= 0.6 is 0 Å². The SMILES string of the molecule is CN1CC[C@H](CN(C(=O)O)c2ccc(F)cc2-c2cc(F)cc(F)c2)C1. The number of halogens is 3. The fraction of sp³-hybridized carbons (Fsp3) is 0.316. The summed E-state index contributed by atoms with van der Waals surface area (Å²) < 4.78 is 41.0. The van der Waals surface area contributed by atoms with E-state index in [0.29, 0.717) is 6.07 Å². The Balaban J connectivity index is 2.03. The molecule has 1 aliphatic heterocycles. The smallest absolute Gasteiger partial charge is 0.411 e. The summed E-state index contributed by atoms with van der Waals surface area (Å²) in [5, 5.41) is 9.67. The number of likely N-dealkylation sites (tertiary alicyclic amines) is 1. The van der Waals surface area contributed by atoms with Gasteiger partial charge in [0.05, 0.1) is 5.69 Å². The van der Waals surface area contributed by atoms with E-state index in [1.807, 2.05) is 7.05 Å². The van der Waals surface area contributed by atoms with E-state index in [0.717, 1.165) is 48.7 Å². The average molecular weight is 364 g/mol. The Morgan fingerprint density at radius 3 is 2.42 bits per heavy atom. The fourth-order valence-corrected chi connectivity index (χ4v) is 3.40. The highest BCUT2D eigenvalue weighted by Gasteiger charge is 2.27. The maximum Gasteiger partial charge on any atom is 0.411 e. The molecule has 0 bridgehead atoms. The van der Waals surface area contributed by atoms with Gasteiger partial charge in [0.25, 0.3) is 0 Å². The second-order valence-corrected chi connectivity index (χ2v) is 6.63. The van der Waals surface area contributed by atoms with Crippen LogP contribution in [0.1, 0.15) is 6.42 Å². The van der Waals surface area contributed by atoms with E-state index in [1.165, 1.54) is 6.07 Å². The molecule has 7 heteroatoms. The second kappa shape index (κ2) is 7.37. The number of hydrogen-bond acceptors (Lipinski definition) is 2. The molecule has 0 saturated carbocycles. The third-order valence-electron chi connectivity index (χ3n) is 4.58. The molecule has 26 heavy (non-hydrogen) atoms. The van der Waals surface area contributed by atoms with Crippen molar-refractivity contribution in [3.05, 3.63) is 53.8 Å². The molecule has 0 radical (unpaired) electrons. The summed E-state index contributed by atoms with van der Waals surface area (Å²) >= 11 is 0. The van der Waals surface area contributed by atoms with E-state index >= 15 is 0 Å². The first kappa shape index (κ1) is 18.3. The number of benzene rings is 2. The van der Waals surface area contributed by atoms with Gasteiger partial charge in [-0.15, -0.1) is 0 Å². The number of rotatable bonds is 4. The van der Waals surface area contributed by atoms with Gasteiger partial charge in [0.2, 0.25) is 0 Å². The summed E-state index contributed by atoms with van der Waals surface area (Å²) in [5.74, 6) is -2.10. The van der Waals surface area contributed by atoms with E-state index < -0.39 is 23.5 Å². The highest BCUT2D eigenvalue weighted by Crippen LogP contribution is 2.34.